The maximum absolute atomic E-state index is 12.4. The van der Waals surface area contributed by atoms with Crippen molar-refractivity contribution in [2.75, 3.05) is 20.3 Å². The number of aliphatic hydroxyl groups is 4. The van der Waals surface area contributed by atoms with Crippen molar-refractivity contribution in [2.45, 2.75) is 62.3 Å². The second-order valence-electron chi connectivity index (χ2n) is 10.4. The van der Waals surface area contributed by atoms with E-state index in [-0.39, 0.29) is 25.0 Å². The van der Waals surface area contributed by atoms with Gasteiger partial charge >= 0.3 is 5.97 Å². The Balaban J connectivity index is 0.000000474. The fourth-order valence-corrected chi connectivity index (χ4v) is 4.11. The molecule has 2 aliphatic carbocycles. The molecule has 2 fully saturated rings. The Morgan fingerprint density at radius 2 is 1.61 bits per heavy atom. The van der Waals surface area contributed by atoms with E-state index in [0.29, 0.717) is 36.8 Å². The number of methoxy groups -OCH3 is 1. The summed E-state index contributed by atoms with van der Waals surface area (Å²) < 4.78 is 4.70. The Morgan fingerprint density at radius 1 is 1.08 bits per heavy atom. The Kier molecular flexibility index (Phi) is 10.5. The van der Waals surface area contributed by atoms with Gasteiger partial charge in [0, 0.05) is 29.9 Å². The van der Waals surface area contributed by atoms with Crippen LogP contribution in [0.2, 0.25) is 0 Å². The molecule has 0 unspecified atom stereocenters. The topological polar surface area (TPSA) is 162 Å². The summed E-state index contributed by atoms with van der Waals surface area (Å²) >= 11 is 0. The molecule has 7 N–H and O–H groups in total. The summed E-state index contributed by atoms with van der Waals surface area (Å²) in [6.07, 6.45) is 7.02. The van der Waals surface area contributed by atoms with Crippen molar-refractivity contribution in [3.05, 3.63) is 35.4 Å². The molecule has 2 saturated carbocycles. The molecule has 1 atom stereocenters. The van der Waals surface area contributed by atoms with Crippen LogP contribution in [0.3, 0.4) is 0 Å². The third-order valence-corrected chi connectivity index (χ3v) is 6.46. The summed E-state index contributed by atoms with van der Waals surface area (Å²) in [5.41, 5.74) is 4.01. The van der Waals surface area contributed by atoms with E-state index in [4.69, 9.17) is 27.1 Å². The zero-order chi connectivity index (χ0) is 28.6. The van der Waals surface area contributed by atoms with E-state index < -0.39 is 34.7 Å². The van der Waals surface area contributed by atoms with Gasteiger partial charge in [-0.2, -0.15) is 0 Å². The molecule has 0 aromatic heterocycles. The predicted octanol–water partition coefficient (Wildman–Crippen LogP) is -0.0634. The zero-order valence-corrected chi connectivity index (χ0v) is 22.0. The van der Waals surface area contributed by atoms with Crippen molar-refractivity contribution < 1.29 is 34.8 Å². The van der Waals surface area contributed by atoms with Crippen molar-refractivity contribution in [1.82, 2.24) is 5.32 Å². The number of carbonyl (C=O) groups excluding carboxylic acids is 2. The number of terminal acetylenes is 1. The van der Waals surface area contributed by atoms with Crippen LogP contribution in [0.15, 0.2) is 24.3 Å². The van der Waals surface area contributed by atoms with E-state index >= 15 is 0 Å². The fourth-order valence-electron chi connectivity index (χ4n) is 4.11. The number of carbonyl (C=O) groups is 2. The standard InChI is InChI=1S/C22H26N2O5.C7H10O2/c1-21(2,23)18(20(27)29-3)24-19(26)17-9-7-15(8-10-17)6-4-5-11-22(28)12-16(13-22)14-25;1-2-7(9)3-6(4-7)5-8/h7-10,16,18,25,28H,12-14,23H2,1-3H3,(H,24,26);1,6,8-9H,3-5H2/t16?,18-,22?;/m1./s1. The molecule has 9 nitrogen and oxygen atoms in total. The van der Waals surface area contributed by atoms with Gasteiger partial charge in [-0.15, -0.1) is 6.42 Å². The monoisotopic (exact) mass is 524 g/mol. The molecule has 3 rings (SSSR count). The lowest BCUT2D eigenvalue weighted by atomic mass is 9.72. The number of benzene rings is 1. The molecule has 0 heterocycles. The molecule has 9 heteroatoms. The van der Waals surface area contributed by atoms with Crippen LogP contribution in [0.25, 0.3) is 0 Å². The van der Waals surface area contributed by atoms with Crippen molar-refractivity contribution in [3.8, 4) is 36.0 Å². The van der Waals surface area contributed by atoms with Gasteiger partial charge in [-0.25, -0.2) is 4.79 Å². The number of amides is 1. The summed E-state index contributed by atoms with van der Waals surface area (Å²) in [5.74, 6) is 12.4. The Hall–Kier alpha value is -3.36. The van der Waals surface area contributed by atoms with Crippen LogP contribution < -0.4 is 11.1 Å². The van der Waals surface area contributed by atoms with Crippen LogP contribution in [-0.2, 0) is 9.53 Å². The second kappa shape index (κ2) is 12.9. The first-order valence-electron chi connectivity index (χ1n) is 12.2. The number of rotatable bonds is 6. The van der Waals surface area contributed by atoms with E-state index in [9.17, 15) is 19.8 Å². The summed E-state index contributed by atoms with van der Waals surface area (Å²) in [5, 5.41) is 39.3. The van der Waals surface area contributed by atoms with Gasteiger partial charge in [0.05, 0.1) is 7.11 Å². The van der Waals surface area contributed by atoms with Crippen molar-refractivity contribution in [3.63, 3.8) is 0 Å². The quantitative estimate of drug-likeness (QED) is 0.223. The van der Waals surface area contributed by atoms with Gasteiger partial charge in [0.15, 0.2) is 0 Å². The molecule has 38 heavy (non-hydrogen) atoms. The number of hydrogen-bond acceptors (Lipinski definition) is 8. The van der Waals surface area contributed by atoms with Gasteiger partial charge in [0.2, 0.25) is 0 Å². The van der Waals surface area contributed by atoms with E-state index in [1.54, 1.807) is 38.1 Å². The minimum atomic E-state index is -1.06. The minimum Gasteiger partial charge on any atom is -0.467 e. The highest BCUT2D eigenvalue weighted by Gasteiger charge is 2.41. The molecule has 0 radical (unpaired) electrons. The SMILES string of the molecule is C#CC1(O)CC(CO)C1.COC(=O)[C@@H](NC(=O)c1ccc(C#CC#CC2(O)CC(CO)C2)cc1)C(C)(C)N. The summed E-state index contributed by atoms with van der Waals surface area (Å²) in [4.78, 5) is 24.3. The molecule has 2 aliphatic rings. The van der Waals surface area contributed by atoms with Crippen LogP contribution in [0.1, 0.15) is 55.5 Å². The van der Waals surface area contributed by atoms with Crippen LogP contribution in [0.4, 0.5) is 0 Å². The average Bonchev–Trinajstić information content (AvgIpc) is 2.85. The minimum absolute atomic E-state index is 0.0543. The van der Waals surface area contributed by atoms with E-state index in [2.05, 4.69) is 34.9 Å². The van der Waals surface area contributed by atoms with Crippen molar-refractivity contribution in [1.29, 1.82) is 0 Å². The third kappa shape index (κ3) is 8.60. The Morgan fingerprint density at radius 3 is 2.05 bits per heavy atom. The van der Waals surface area contributed by atoms with E-state index in [1.165, 1.54) is 7.11 Å². The summed E-state index contributed by atoms with van der Waals surface area (Å²) in [6, 6.07) is 5.48. The first-order chi connectivity index (χ1) is 17.8. The van der Waals surface area contributed by atoms with Crippen molar-refractivity contribution in [2.24, 2.45) is 17.6 Å². The van der Waals surface area contributed by atoms with Gasteiger partial charge in [-0.1, -0.05) is 17.8 Å². The highest BCUT2D eigenvalue weighted by atomic mass is 16.5. The Labute approximate surface area is 223 Å². The van der Waals surface area contributed by atoms with Crippen LogP contribution in [-0.4, -0.2) is 75.4 Å². The van der Waals surface area contributed by atoms with E-state index in [0.717, 1.165) is 0 Å². The van der Waals surface area contributed by atoms with Gasteiger partial charge in [-0.3, -0.25) is 4.79 Å². The zero-order valence-electron chi connectivity index (χ0n) is 22.0. The maximum atomic E-state index is 12.4. The molecule has 1 aromatic rings. The number of esters is 1. The average molecular weight is 525 g/mol. The molecule has 0 saturated heterocycles. The first kappa shape index (κ1) is 30.9. The molecular weight excluding hydrogens is 488 g/mol. The number of nitrogens with two attached hydrogens (primary N) is 1. The molecule has 0 bridgehead atoms. The van der Waals surface area contributed by atoms with E-state index in [1.807, 2.05) is 0 Å². The summed E-state index contributed by atoms with van der Waals surface area (Å²) in [6.45, 7) is 3.44. The summed E-state index contributed by atoms with van der Waals surface area (Å²) in [7, 11) is 1.23. The highest BCUT2D eigenvalue weighted by Crippen LogP contribution is 2.37. The number of nitrogens with one attached hydrogen (secondary N) is 1. The normalized spacial score (nSPS) is 26.1. The maximum Gasteiger partial charge on any atom is 0.330 e. The van der Waals surface area contributed by atoms with Gasteiger partial charge in [0.25, 0.3) is 5.91 Å². The fraction of sp³-hybridized carbons (Fsp3) is 0.517. The van der Waals surface area contributed by atoms with Gasteiger partial charge in [0.1, 0.15) is 17.2 Å². The lowest BCUT2D eigenvalue weighted by molar-refractivity contribution is -0.144. The second-order valence-corrected chi connectivity index (χ2v) is 10.4. The number of hydrogen-bond donors (Lipinski definition) is 6. The third-order valence-electron chi connectivity index (χ3n) is 6.46. The van der Waals surface area contributed by atoms with Crippen LogP contribution in [0, 0.1) is 47.9 Å². The molecule has 1 amide bonds. The van der Waals surface area contributed by atoms with Gasteiger partial charge in [-0.05, 0) is 87.5 Å². The molecule has 204 valence electrons. The van der Waals surface area contributed by atoms with Crippen molar-refractivity contribution >= 4 is 11.9 Å². The van der Waals surface area contributed by atoms with Crippen LogP contribution >= 0.6 is 0 Å². The number of aliphatic hydroxyl groups excluding tert-OH is 2. The molecule has 0 spiro atoms. The highest BCUT2D eigenvalue weighted by molar-refractivity contribution is 5.97. The molecule has 1 aromatic carbocycles. The molecule has 0 aliphatic heterocycles. The lowest BCUT2D eigenvalue weighted by Crippen LogP contribution is -2.59. The van der Waals surface area contributed by atoms with Crippen LogP contribution in [0.5, 0.6) is 0 Å². The predicted molar refractivity (Wildman–Crippen MR) is 141 cm³/mol. The first-order valence-corrected chi connectivity index (χ1v) is 12.2. The lowest BCUT2D eigenvalue weighted by Gasteiger charge is -2.38. The molecular formula is C29H36N2O7. The Bertz CT molecular complexity index is 1140. The van der Waals surface area contributed by atoms with Gasteiger partial charge < -0.3 is 36.2 Å². The largest absolute Gasteiger partial charge is 0.467 e. The number of ether oxygens (including phenoxy) is 1. The smallest absolute Gasteiger partial charge is 0.330 e.